The Balaban J connectivity index is 1.54. The van der Waals surface area contributed by atoms with Gasteiger partial charge in [-0.3, -0.25) is 4.18 Å². The molecule has 1 saturated carbocycles. The first-order chi connectivity index (χ1) is 14.8. The van der Waals surface area contributed by atoms with Gasteiger partial charge in [0, 0.05) is 28.8 Å². The number of anilines is 1. The van der Waals surface area contributed by atoms with Gasteiger partial charge in [-0.15, -0.1) is 0 Å². The van der Waals surface area contributed by atoms with Crippen LogP contribution in [0.25, 0.3) is 11.0 Å². The van der Waals surface area contributed by atoms with Gasteiger partial charge >= 0.3 is 10.3 Å². The molecule has 2 heterocycles. The number of rotatable bonds is 7. The second-order valence-electron chi connectivity index (χ2n) is 7.31. The number of aromatic nitrogens is 3. The van der Waals surface area contributed by atoms with Gasteiger partial charge in [0.2, 0.25) is 0 Å². The molecule has 0 unspecified atom stereocenters. The van der Waals surface area contributed by atoms with Gasteiger partial charge in [-0.2, -0.15) is 13.1 Å². The first-order valence-electron chi connectivity index (χ1n) is 9.52. The number of aliphatic hydroxyl groups is 1. The van der Waals surface area contributed by atoms with E-state index in [-0.39, 0.29) is 6.04 Å². The predicted octanol–water partition coefficient (Wildman–Crippen LogP) is 2.90. The van der Waals surface area contributed by atoms with Crippen molar-refractivity contribution in [3.8, 4) is 0 Å². The summed E-state index contributed by atoms with van der Waals surface area (Å²) in [6.07, 6.45) is 3.28. The molecule has 0 aliphatic heterocycles. The van der Waals surface area contributed by atoms with Crippen LogP contribution in [-0.4, -0.2) is 47.3 Å². The van der Waals surface area contributed by atoms with Gasteiger partial charge in [-0.05, 0) is 36.6 Å². The van der Waals surface area contributed by atoms with Crippen molar-refractivity contribution in [2.45, 2.75) is 37.6 Å². The fourth-order valence-electron chi connectivity index (χ4n) is 3.83. The Kier molecular flexibility index (Phi) is 6.38. The third kappa shape index (κ3) is 4.79. The maximum absolute atomic E-state index is 11.7. The highest BCUT2D eigenvalue weighted by Crippen LogP contribution is 2.34. The smallest absolute Gasteiger partial charge is 0.335 e. The summed E-state index contributed by atoms with van der Waals surface area (Å²) in [7, 11) is -2.82. The summed E-state index contributed by atoms with van der Waals surface area (Å²) < 4.78 is 32.1. The largest absolute Gasteiger partial charge is 0.391 e. The SMILES string of the molecule is COS(=O)(=O)N[C@H]1C[C@@H](n2ccc3c(NCc4ccc(Cl)cc4Cl)ncnc32)C[C@@H]1O. The monoisotopic (exact) mass is 485 g/mol. The zero-order valence-electron chi connectivity index (χ0n) is 16.5. The Morgan fingerprint density at radius 3 is 2.81 bits per heavy atom. The van der Waals surface area contributed by atoms with Crippen molar-refractivity contribution < 1.29 is 17.7 Å². The van der Waals surface area contributed by atoms with Crippen LogP contribution in [0.4, 0.5) is 5.82 Å². The van der Waals surface area contributed by atoms with Gasteiger partial charge in [0.05, 0.1) is 24.6 Å². The average molecular weight is 486 g/mol. The molecule has 1 aliphatic carbocycles. The molecule has 2 aromatic heterocycles. The first-order valence-corrected chi connectivity index (χ1v) is 11.7. The summed E-state index contributed by atoms with van der Waals surface area (Å²) in [6, 6.07) is 6.43. The number of aliphatic hydroxyl groups excluding tert-OH is 1. The van der Waals surface area contributed by atoms with Crippen molar-refractivity contribution in [1.29, 1.82) is 0 Å². The van der Waals surface area contributed by atoms with Crippen molar-refractivity contribution in [2.24, 2.45) is 0 Å². The molecule has 1 fully saturated rings. The number of nitrogens with one attached hydrogen (secondary N) is 2. The molecule has 0 spiro atoms. The van der Waals surface area contributed by atoms with Crippen LogP contribution in [0, 0.1) is 0 Å². The molecule has 1 aliphatic rings. The molecule has 3 atom stereocenters. The van der Waals surface area contributed by atoms with E-state index in [0.717, 1.165) is 18.1 Å². The van der Waals surface area contributed by atoms with Crippen LogP contribution < -0.4 is 10.0 Å². The molecule has 3 N–H and O–H groups in total. The lowest BCUT2D eigenvalue weighted by atomic mass is 10.2. The molecule has 0 bridgehead atoms. The standard InChI is InChI=1S/C19H21Cl2N5O4S/c1-30-31(28,29)25-16-7-13(8-17(16)27)26-5-4-14-18(23-10-24-19(14)26)22-9-11-2-3-12(20)6-15(11)21/h2-6,10,13,16-17,25,27H,7-9H2,1H3,(H,22,23,24)/t13-,16+,17+/m1/s1. The molecule has 4 rings (SSSR count). The van der Waals surface area contributed by atoms with Crippen molar-refractivity contribution in [3.63, 3.8) is 0 Å². The number of hydrogen-bond acceptors (Lipinski definition) is 7. The summed E-state index contributed by atoms with van der Waals surface area (Å²) in [5.41, 5.74) is 1.57. The second kappa shape index (κ2) is 8.89. The molecule has 166 valence electrons. The Labute approximate surface area is 189 Å². The zero-order valence-corrected chi connectivity index (χ0v) is 18.8. The zero-order chi connectivity index (χ0) is 22.2. The van der Waals surface area contributed by atoms with Crippen molar-refractivity contribution in [1.82, 2.24) is 19.3 Å². The number of benzene rings is 1. The molecule has 31 heavy (non-hydrogen) atoms. The highest BCUT2D eigenvalue weighted by molar-refractivity contribution is 7.84. The van der Waals surface area contributed by atoms with Gasteiger partial charge in [0.1, 0.15) is 17.8 Å². The summed E-state index contributed by atoms with van der Waals surface area (Å²) in [6.45, 7) is 0.455. The lowest BCUT2D eigenvalue weighted by Crippen LogP contribution is -2.40. The van der Waals surface area contributed by atoms with E-state index >= 15 is 0 Å². The van der Waals surface area contributed by atoms with E-state index in [4.69, 9.17) is 23.2 Å². The van der Waals surface area contributed by atoms with Gasteiger partial charge in [0.25, 0.3) is 0 Å². The van der Waals surface area contributed by atoms with Crippen LogP contribution in [-0.2, 0) is 21.0 Å². The minimum atomic E-state index is -3.89. The lowest BCUT2D eigenvalue weighted by molar-refractivity contribution is 0.154. The van der Waals surface area contributed by atoms with E-state index in [1.54, 1.807) is 12.1 Å². The number of hydrogen-bond donors (Lipinski definition) is 3. The van der Waals surface area contributed by atoms with E-state index in [1.807, 2.05) is 22.9 Å². The van der Waals surface area contributed by atoms with E-state index in [9.17, 15) is 13.5 Å². The fraction of sp³-hybridized carbons (Fsp3) is 0.368. The number of fused-ring (bicyclic) bond motifs is 1. The maximum Gasteiger partial charge on any atom is 0.335 e. The van der Waals surface area contributed by atoms with Crippen LogP contribution >= 0.6 is 23.2 Å². The third-order valence-electron chi connectivity index (χ3n) is 5.38. The van der Waals surface area contributed by atoms with Gasteiger partial charge in [0.15, 0.2) is 0 Å². The molecule has 3 aromatic rings. The predicted molar refractivity (Wildman–Crippen MR) is 118 cm³/mol. The normalized spacial score (nSPS) is 21.6. The molecule has 0 saturated heterocycles. The van der Waals surface area contributed by atoms with E-state index < -0.39 is 22.4 Å². The molecule has 9 nitrogen and oxygen atoms in total. The minimum absolute atomic E-state index is 0.134. The minimum Gasteiger partial charge on any atom is -0.391 e. The van der Waals surface area contributed by atoms with Crippen molar-refractivity contribution >= 4 is 50.4 Å². The third-order valence-corrected chi connectivity index (χ3v) is 7.00. The van der Waals surface area contributed by atoms with E-state index in [0.29, 0.717) is 40.9 Å². The van der Waals surface area contributed by atoms with Gasteiger partial charge in [-0.1, -0.05) is 29.3 Å². The highest BCUT2D eigenvalue weighted by Gasteiger charge is 2.37. The Hall–Kier alpha value is -1.95. The van der Waals surface area contributed by atoms with Gasteiger partial charge in [-0.25, -0.2) is 9.97 Å². The Morgan fingerprint density at radius 2 is 2.06 bits per heavy atom. The molecule has 1 aromatic carbocycles. The van der Waals surface area contributed by atoms with E-state index in [2.05, 4.69) is 24.2 Å². The van der Waals surface area contributed by atoms with Crippen molar-refractivity contribution in [2.75, 3.05) is 12.4 Å². The quantitative estimate of drug-likeness (QED) is 0.470. The summed E-state index contributed by atoms with van der Waals surface area (Å²) in [5, 5.41) is 15.6. The van der Waals surface area contributed by atoms with Crippen LogP contribution in [0.15, 0.2) is 36.8 Å². The van der Waals surface area contributed by atoms with E-state index in [1.165, 1.54) is 6.33 Å². The maximum atomic E-state index is 11.7. The summed E-state index contributed by atoms with van der Waals surface area (Å²) >= 11 is 12.2. The first kappa shape index (κ1) is 22.3. The lowest BCUT2D eigenvalue weighted by Gasteiger charge is -2.15. The topological polar surface area (TPSA) is 118 Å². The summed E-state index contributed by atoms with van der Waals surface area (Å²) in [5.74, 6) is 0.643. The highest BCUT2D eigenvalue weighted by atomic mass is 35.5. The van der Waals surface area contributed by atoms with Crippen LogP contribution in [0.2, 0.25) is 10.0 Å². The number of halogens is 2. The summed E-state index contributed by atoms with van der Waals surface area (Å²) in [4.78, 5) is 8.73. The average Bonchev–Trinajstić information content (AvgIpc) is 3.31. The molecular formula is C19H21Cl2N5O4S. The Bertz CT molecular complexity index is 1200. The van der Waals surface area contributed by atoms with Crippen molar-refractivity contribution in [3.05, 3.63) is 52.4 Å². The van der Waals surface area contributed by atoms with Crippen LogP contribution in [0.1, 0.15) is 24.4 Å². The second-order valence-corrected chi connectivity index (χ2v) is 9.63. The molecule has 0 radical (unpaired) electrons. The number of nitrogens with zero attached hydrogens (tertiary/aromatic N) is 3. The van der Waals surface area contributed by atoms with Gasteiger partial charge < -0.3 is 15.0 Å². The Morgan fingerprint density at radius 1 is 1.26 bits per heavy atom. The fourth-order valence-corrected chi connectivity index (χ4v) is 5.02. The van der Waals surface area contributed by atoms with Crippen LogP contribution in [0.3, 0.4) is 0 Å². The van der Waals surface area contributed by atoms with Crippen LogP contribution in [0.5, 0.6) is 0 Å². The molecule has 12 heteroatoms. The molecular weight excluding hydrogens is 465 g/mol. The molecule has 0 amide bonds.